The molecule has 0 aliphatic rings. The molecule has 0 unspecified atom stereocenters. The van der Waals surface area contributed by atoms with Crippen LogP contribution in [0.2, 0.25) is 0 Å². The zero-order chi connectivity index (χ0) is 24.8. The third-order valence-electron chi connectivity index (χ3n) is 5.21. The van der Waals surface area contributed by atoms with Crippen LogP contribution >= 0.6 is 11.3 Å². The molecular weight excluding hydrogens is 475 g/mol. The maximum atomic E-state index is 13.3. The standard InChI is InChI=1S/C26H22F3N3O2S/c1-34-22-10-11-24(33)20(15-22)16-31-32-23(19-8-5-9-21(14-19)26(27,28)29)17-35-25(32)30-13-12-18-6-3-2-4-7-18/h2-11,14-17,33H,12-13H2,1H3. The predicted molar refractivity (Wildman–Crippen MR) is 131 cm³/mol. The van der Waals surface area contributed by atoms with Crippen LogP contribution in [0.4, 0.5) is 13.2 Å². The zero-order valence-electron chi connectivity index (χ0n) is 18.7. The highest BCUT2D eigenvalue weighted by Crippen LogP contribution is 2.32. The molecule has 35 heavy (non-hydrogen) atoms. The zero-order valence-corrected chi connectivity index (χ0v) is 19.6. The van der Waals surface area contributed by atoms with E-state index in [1.54, 1.807) is 23.6 Å². The van der Waals surface area contributed by atoms with E-state index in [9.17, 15) is 18.3 Å². The van der Waals surface area contributed by atoms with Gasteiger partial charge in [-0.25, -0.2) is 4.68 Å². The average molecular weight is 498 g/mol. The van der Waals surface area contributed by atoms with Crippen molar-refractivity contribution < 1.29 is 23.0 Å². The number of benzene rings is 3. The van der Waals surface area contributed by atoms with Gasteiger partial charge in [-0.1, -0.05) is 42.5 Å². The van der Waals surface area contributed by atoms with Crippen LogP contribution in [0.3, 0.4) is 0 Å². The average Bonchev–Trinajstić information content (AvgIpc) is 3.26. The number of phenols is 1. The number of hydrogen-bond acceptors (Lipinski definition) is 5. The number of aromatic nitrogens is 1. The Kier molecular flexibility index (Phi) is 7.36. The molecule has 0 atom stereocenters. The second-order valence-electron chi connectivity index (χ2n) is 7.58. The van der Waals surface area contributed by atoms with Gasteiger partial charge in [-0.3, -0.25) is 4.99 Å². The van der Waals surface area contributed by atoms with Gasteiger partial charge in [0.2, 0.25) is 4.80 Å². The van der Waals surface area contributed by atoms with Crippen molar-refractivity contribution in [1.82, 2.24) is 4.68 Å². The molecule has 4 rings (SSSR count). The predicted octanol–water partition coefficient (Wildman–Crippen LogP) is 5.98. The number of thiazole rings is 1. The monoisotopic (exact) mass is 497 g/mol. The lowest BCUT2D eigenvalue weighted by Gasteiger charge is -2.09. The third kappa shape index (κ3) is 5.99. The smallest absolute Gasteiger partial charge is 0.416 e. The fourth-order valence-corrected chi connectivity index (χ4v) is 4.24. The van der Waals surface area contributed by atoms with Gasteiger partial charge in [-0.05, 0) is 42.3 Å². The summed E-state index contributed by atoms with van der Waals surface area (Å²) < 4.78 is 46.6. The summed E-state index contributed by atoms with van der Waals surface area (Å²) in [6, 6.07) is 19.7. The van der Waals surface area contributed by atoms with Crippen LogP contribution in [0.5, 0.6) is 11.5 Å². The molecular formula is C26H22F3N3O2S. The molecule has 1 heterocycles. The van der Waals surface area contributed by atoms with Gasteiger partial charge in [0.05, 0.1) is 24.6 Å². The molecule has 180 valence electrons. The number of rotatable bonds is 7. The Bertz CT molecular complexity index is 1390. The largest absolute Gasteiger partial charge is 0.507 e. The number of aromatic hydroxyl groups is 1. The van der Waals surface area contributed by atoms with Gasteiger partial charge in [0.25, 0.3) is 0 Å². The minimum atomic E-state index is -4.46. The van der Waals surface area contributed by atoms with Gasteiger partial charge < -0.3 is 9.84 Å². The normalized spacial score (nSPS) is 12.4. The SMILES string of the molecule is COc1ccc(O)c(C=Nn2c(-c3cccc(C(F)(F)F)c3)csc2=NCCc2ccccc2)c1. The molecule has 0 saturated carbocycles. The lowest BCUT2D eigenvalue weighted by atomic mass is 10.1. The molecule has 9 heteroatoms. The fourth-order valence-electron chi connectivity index (χ4n) is 3.38. The Labute approximate surface area is 204 Å². The molecule has 0 bridgehead atoms. The van der Waals surface area contributed by atoms with Gasteiger partial charge in [0, 0.05) is 23.1 Å². The molecule has 0 saturated heterocycles. The molecule has 0 aliphatic carbocycles. The van der Waals surface area contributed by atoms with Crippen molar-refractivity contribution in [1.29, 1.82) is 0 Å². The van der Waals surface area contributed by atoms with E-state index in [1.807, 2.05) is 30.3 Å². The Morgan fingerprint density at radius 2 is 1.83 bits per heavy atom. The van der Waals surface area contributed by atoms with Crippen LogP contribution in [-0.2, 0) is 12.6 Å². The first-order chi connectivity index (χ1) is 16.8. The van der Waals surface area contributed by atoms with Crippen molar-refractivity contribution in [3.63, 3.8) is 0 Å². The van der Waals surface area contributed by atoms with Crippen LogP contribution in [-0.4, -0.2) is 29.7 Å². The van der Waals surface area contributed by atoms with E-state index < -0.39 is 11.7 Å². The van der Waals surface area contributed by atoms with Gasteiger partial charge in [-0.15, -0.1) is 11.3 Å². The number of hydrogen-bond donors (Lipinski definition) is 1. The second kappa shape index (κ2) is 10.6. The lowest BCUT2D eigenvalue weighted by Crippen LogP contribution is -2.13. The first-order valence-electron chi connectivity index (χ1n) is 10.7. The summed E-state index contributed by atoms with van der Waals surface area (Å²) in [6.07, 6.45) is -2.33. The van der Waals surface area contributed by atoms with Gasteiger partial charge in [-0.2, -0.15) is 18.3 Å². The maximum Gasteiger partial charge on any atom is 0.416 e. The number of nitrogens with zero attached hydrogens (tertiary/aromatic N) is 3. The van der Waals surface area contributed by atoms with E-state index >= 15 is 0 Å². The quantitative estimate of drug-likeness (QED) is 0.320. The summed E-state index contributed by atoms with van der Waals surface area (Å²) in [5, 5.41) is 16.4. The summed E-state index contributed by atoms with van der Waals surface area (Å²) in [7, 11) is 1.51. The maximum absolute atomic E-state index is 13.3. The Balaban J connectivity index is 1.75. The molecule has 0 radical (unpaired) electrons. The Morgan fingerprint density at radius 1 is 1.03 bits per heavy atom. The number of ether oxygens (including phenoxy) is 1. The van der Waals surface area contributed by atoms with E-state index in [0.717, 1.165) is 17.7 Å². The van der Waals surface area contributed by atoms with Crippen molar-refractivity contribution in [2.24, 2.45) is 10.1 Å². The summed E-state index contributed by atoms with van der Waals surface area (Å²) in [5.74, 6) is 0.527. The fraction of sp³-hybridized carbons (Fsp3) is 0.154. The highest BCUT2D eigenvalue weighted by molar-refractivity contribution is 7.07. The van der Waals surface area contributed by atoms with Crippen LogP contribution in [0.1, 0.15) is 16.7 Å². The minimum absolute atomic E-state index is 0.00596. The molecule has 0 aliphatic heterocycles. The van der Waals surface area contributed by atoms with Crippen LogP contribution in [0.15, 0.2) is 88.3 Å². The van der Waals surface area contributed by atoms with Crippen molar-refractivity contribution in [2.75, 3.05) is 13.7 Å². The first-order valence-corrected chi connectivity index (χ1v) is 11.6. The molecule has 4 aromatic rings. The van der Waals surface area contributed by atoms with E-state index in [4.69, 9.17) is 4.74 Å². The van der Waals surface area contributed by atoms with Crippen molar-refractivity contribution >= 4 is 17.6 Å². The van der Waals surface area contributed by atoms with E-state index in [2.05, 4.69) is 10.1 Å². The van der Waals surface area contributed by atoms with E-state index in [-0.39, 0.29) is 5.75 Å². The summed E-state index contributed by atoms with van der Waals surface area (Å²) in [5.41, 5.74) is 1.59. The molecule has 1 aromatic heterocycles. The second-order valence-corrected chi connectivity index (χ2v) is 8.42. The Morgan fingerprint density at radius 3 is 2.57 bits per heavy atom. The number of phenolic OH excluding ortho intramolecular Hbond substituents is 1. The number of halogens is 3. The number of methoxy groups -OCH3 is 1. The van der Waals surface area contributed by atoms with Crippen LogP contribution in [0, 0.1) is 0 Å². The van der Waals surface area contributed by atoms with E-state index in [1.165, 1.54) is 41.5 Å². The lowest BCUT2D eigenvalue weighted by molar-refractivity contribution is -0.137. The number of alkyl halides is 3. The first kappa shape index (κ1) is 24.3. The minimum Gasteiger partial charge on any atom is -0.507 e. The highest BCUT2D eigenvalue weighted by Gasteiger charge is 2.30. The molecule has 5 nitrogen and oxygen atoms in total. The van der Waals surface area contributed by atoms with Crippen LogP contribution in [0.25, 0.3) is 11.3 Å². The van der Waals surface area contributed by atoms with Crippen LogP contribution < -0.4 is 9.54 Å². The van der Waals surface area contributed by atoms with Crippen molar-refractivity contribution in [3.05, 3.63) is 99.7 Å². The van der Waals surface area contributed by atoms with Gasteiger partial charge in [0.1, 0.15) is 11.5 Å². The molecule has 0 fully saturated rings. The summed E-state index contributed by atoms with van der Waals surface area (Å²) in [6.45, 7) is 0.479. The van der Waals surface area contributed by atoms with Gasteiger partial charge in [0.15, 0.2) is 0 Å². The summed E-state index contributed by atoms with van der Waals surface area (Å²) >= 11 is 1.28. The molecule has 1 N–H and O–H groups in total. The summed E-state index contributed by atoms with van der Waals surface area (Å²) in [4.78, 5) is 5.17. The van der Waals surface area contributed by atoms with Gasteiger partial charge >= 0.3 is 6.18 Å². The van der Waals surface area contributed by atoms with Crippen molar-refractivity contribution in [3.8, 4) is 22.8 Å². The molecule has 3 aromatic carbocycles. The molecule has 0 amide bonds. The topological polar surface area (TPSA) is 59.1 Å². The highest BCUT2D eigenvalue weighted by atomic mass is 32.1. The van der Waals surface area contributed by atoms with Crippen molar-refractivity contribution in [2.45, 2.75) is 12.6 Å². The molecule has 0 spiro atoms. The Hall–Kier alpha value is -3.85. The van der Waals surface area contributed by atoms with E-state index in [0.29, 0.717) is 40.3 Å². The third-order valence-corrected chi connectivity index (χ3v) is 6.06.